The van der Waals surface area contributed by atoms with E-state index < -0.39 is 0 Å². The fourth-order valence-corrected chi connectivity index (χ4v) is 4.64. The van der Waals surface area contributed by atoms with Gasteiger partial charge in [-0.25, -0.2) is 0 Å². The molecule has 0 unspecified atom stereocenters. The average molecular weight is 394 g/mol. The van der Waals surface area contributed by atoms with Crippen LogP contribution in [-0.2, 0) is 12.8 Å². The minimum absolute atomic E-state index is 0.627. The predicted octanol–water partition coefficient (Wildman–Crippen LogP) is 5.16. The molecule has 1 aromatic carbocycles. The molecule has 0 aliphatic carbocycles. The summed E-state index contributed by atoms with van der Waals surface area (Å²) >= 11 is 1.70. The standard InChI is InChI=1S/C22H23N3O2S/c1-15-4-2-9-25(15)10-8-18-13-17-12-16(6-7-20(17)26-18)22-23-21(27-24-22)14-19-5-3-11-28-19/h3,5-7,11-13,15H,2,4,8-10,14H2,1H3/t15-/m1/s1. The first-order valence-corrected chi connectivity index (χ1v) is 10.7. The second kappa shape index (κ2) is 7.53. The molecule has 0 amide bonds. The summed E-state index contributed by atoms with van der Waals surface area (Å²) in [5.74, 6) is 2.31. The summed E-state index contributed by atoms with van der Waals surface area (Å²) in [6, 6.07) is 13.0. The van der Waals surface area contributed by atoms with Gasteiger partial charge in [0.2, 0.25) is 11.7 Å². The lowest BCUT2D eigenvalue weighted by Crippen LogP contribution is -2.28. The van der Waals surface area contributed by atoms with Crippen LogP contribution in [-0.4, -0.2) is 34.2 Å². The minimum Gasteiger partial charge on any atom is -0.461 e. The zero-order valence-electron chi connectivity index (χ0n) is 15.9. The number of hydrogen-bond acceptors (Lipinski definition) is 6. The number of furan rings is 1. The first kappa shape index (κ1) is 17.6. The van der Waals surface area contributed by atoms with Crippen molar-refractivity contribution in [2.45, 2.75) is 38.6 Å². The van der Waals surface area contributed by atoms with Gasteiger partial charge in [0.05, 0.1) is 6.42 Å². The van der Waals surface area contributed by atoms with Gasteiger partial charge in [0.25, 0.3) is 0 Å². The van der Waals surface area contributed by atoms with Crippen LogP contribution in [0.2, 0.25) is 0 Å². The predicted molar refractivity (Wildman–Crippen MR) is 111 cm³/mol. The maximum atomic E-state index is 6.04. The first-order valence-electron chi connectivity index (χ1n) is 9.86. The fourth-order valence-electron chi connectivity index (χ4n) is 3.95. The highest BCUT2D eigenvalue weighted by Gasteiger charge is 2.20. The molecule has 1 aliphatic heterocycles. The Kier molecular flexibility index (Phi) is 4.74. The van der Waals surface area contributed by atoms with E-state index in [1.54, 1.807) is 11.3 Å². The van der Waals surface area contributed by atoms with Crippen LogP contribution in [0.25, 0.3) is 22.4 Å². The van der Waals surface area contributed by atoms with Gasteiger partial charge in [0, 0.05) is 34.8 Å². The lowest BCUT2D eigenvalue weighted by molar-refractivity contribution is 0.266. The molecule has 28 heavy (non-hydrogen) atoms. The molecule has 3 aromatic heterocycles. The molecular formula is C22H23N3O2S. The van der Waals surface area contributed by atoms with Gasteiger partial charge in [-0.2, -0.15) is 4.98 Å². The summed E-state index contributed by atoms with van der Waals surface area (Å²) in [5, 5.41) is 7.31. The Bertz CT molecular complexity index is 1070. The van der Waals surface area contributed by atoms with E-state index in [2.05, 4.69) is 45.5 Å². The Morgan fingerprint density at radius 3 is 3.04 bits per heavy atom. The summed E-state index contributed by atoms with van der Waals surface area (Å²) < 4.78 is 11.5. The van der Waals surface area contributed by atoms with Gasteiger partial charge < -0.3 is 13.8 Å². The van der Waals surface area contributed by atoms with Gasteiger partial charge in [-0.1, -0.05) is 11.2 Å². The van der Waals surface area contributed by atoms with Crippen molar-refractivity contribution < 1.29 is 8.94 Å². The van der Waals surface area contributed by atoms with E-state index >= 15 is 0 Å². The molecule has 0 bridgehead atoms. The van der Waals surface area contributed by atoms with Crippen LogP contribution in [0.1, 0.15) is 36.3 Å². The smallest absolute Gasteiger partial charge is 0.232 e. The van der Waals surface area contributed by atoms with Crippen molar-refractivity contribution in [1.29, 1.82) is 0 Å². The molecule has 1 saturated heterocycles. The van der Waals surface area contributed by atoms with Gasteiger partial charge in [0.15, 0.2) is 0 Å². The van der Waals surface area contributed by atoms with Crippen LogP contribution in [0.3, 0.4) is 0 Å². The Labute approximate surface area is 168 Å². The highest BCUT2D eigenvalue weighted by molar-refractivity contribution is 7.09. The Hall–Kier alpha value is -2.44. The third-order valence-corrected chi connectivity index (χ3v) is 6.41. The maximum absolute atomic E-state index is 6.04. The van der Waals surface area contributed by atoms with E-state index in [0.29, 0.717) is 24.2 Å². The van der Waals surface area contributed by atoms with E-state index in [-0.39, 0.29) is 0 Å². The van der Waals surface area contributed by atoms with E-state index in [1.807, 2.05) is 18.2 Å². The fraction of sp³-hybridized carbons (Fsp3) is 0.364. The zero-order valence-corrected chi connectivity index (χ0v) is 16.7. The number of aromatic nitrogens is 2. The molecule has 4 heterocycles. The molecule has 0 radical (unpaired) electrons. The van der Waals surface area contributed by atoms with Gasteiger partial charge >= 0.3 is 0 Å². The van der Waals surface area contributed by atoms with Crippen molar-refractivity contribution in [3.05, 3.63) is 58.3 Å². The average Bonchev–Trinajstić information content (AvgIpc) is 3.48. The lowest BCUT2D eigenvalue weighted by Gasteiger charge is -2.19. The van der Waals surface area contributed by atoms with E-state index in [4.69, 9.17) is 8.94 Å². The molecule has 5 rings (SSSR count). The van der Waals surface area contributed by atoms with Crippen molar-refractivity contribution in [3.8, 4) is 11.4 Å². The quantitative estimate of drug-likeness (QED) is 0.453. The Morgan fingerprint density at radius 1 is 1.25 bits per heavy atom. The zero-order chi connectivity index (χ0) is 18.9. The number of likely N-dealkylation sites (tertiary alicyclic amines) is 1. The van der Waals surface area contributed by atoms with Crippen LogP contribution in [0.4, 0.5) is 0 Å². The van der Waals surface area contributed by atoms with Crippen LogP contribution < -0.4 is 0 Å². The van der Waals surface area contributed by atoms with Crippen molar-refractivity contribution >= 4 is 22.3 Å². The van der Waals surface area contributed by atoms with E-state index in [9.17, 15) is 0 Å². The molecule has 4 aromatic rings. The van der Waals surface area contributed by atoms with Gasteiger partial charge in [0.1, 0.15) is 11.3 Å². The summed E-state index contributed by atoms with van der Waals surface area (Å²) in [6.07, 6.45) is 4.24. The highest BCUT2D eigenvalue weighted by atomic mass is 32.1. The van der Waals surface area contributed by atoms with Crippen LogP contribution in [0, 0.1) is 0 Å². The molecule has 1 aliphatic rings. The number of fused-ring (bicyclic) bond motifs is 1. The molecule has 0 saturated carbocycles. The molecule has 0 spiro atoms. The monoisotopic (exact) mass is 393 g/mol. The molecule has 1 atom stereocenters. The highest BCUT2D eigenvalue weighted by Crippen LogP contribution is 2.27. The molecule has 6 heteroatoms. The normalized spacial score (nSPS) is 17.7. The lowest BCUT2D eigenvalue weighted by atomic mass is 10.1. The van der Waals surface area contributed by atoms with Crippen molar-refractivity contribution in [1.82, 2.24) is 15.0 Å². The number of rotatable bonds is 6. The summed E-state index contributed by atoms with van der Waals surface area (Å²) in [4.78, 5) is 8.33. The minimum atomic E-state index is 0.627. The third kappa shape index (κ3) is 3.62. The summed E-state index contributed by atoms with van der Waals surface area (Å²) in [7, 11) is 0. The number of hydrogen-bond donors (Lipinski definition) is 0. The van der Waals surface area contributed by atoms with Crippen LogP contribution in [0.5, 0.6) is 0 Å². The second-order valence-electron chi connectivity index (χ2n) is 7.51. The van der Waals surface area contributed by atoms with Gasteiger partial charge in [-0.15, -0.1) is 11.3 Å². The molecule has 1 fully saturated rings. The molecule has 5 nitrogen and oxygen atoms in total. The van der Waals surface area contributed by atoms with E-state index in [1.165, 1.54) is 24.3 Å². The van der Waals surface area contributed by atoms with Crippen molar-refractivity contribution in [2.24, 2.45) is 0 Å². The van der Waals surface area contributed by atoms with Crippen molar-refractivity contribution in [3.63, 3.8) is 0 Å². The number of nitrogens with zero attached hydrogens (tertiary/aromatic N) is 3. The first-order chi connectivity index (χ1) is 13.7. The van der Waals surface area contributed by atoms with Crippen LogP contribution in [0.15, 0.2) is 50.7 Å². The topological polar surface area (TPSA) is 55.3 Å². The SMILES string of the molecule is C[C@@H]1CCCN1CCc1cc2cc(-c3noc(Cc4cccs4)n3)ccc2o1. The third-order valence-electron chi connectivity index (χ3n) is 5.54. The molecule has 144 valence electrons. The molecule has 0 N–H and O–H groups in total. The largest absolute Gasteiger partial charge is 0.461 e. The van der Waals surface area contributed by atoms with E-state index in [0.717, 1.165) is 35.3 Å². The summed E-state index contributed by atoms with van der Waals surface area (Å²) in [5.41, 5.74) is 1.87. The Balaban J connectivity index is 1.31. The van der Waals surface area contributed by atoms with Crippen molar-refractivity contribution in [2.75, 3.05) is 13.1 Å². The summed E-state index contributed by atoms with van der Waals surface area (Å²) in [6.45, 7) is 4.58. The number of benzene rings is 1. The van der Waals surface area contributed by atoms with Gasteiger partial charge in [-0.05, 0) is 62.0 Å². The number of thiophene rings is 1. The second-order valence-corrected chi connectivity index (χ2v) is 8.54. The maximum Gasteiger partial charge on any atom is 0.232 e. The van der Waals surface area contributed by atoms with Gasteiger partial charge in [-0.3, -0.25) is 0 Å². The van der Waals surface area contributed by atoms with Crippen LogP contribution >= 0.6 is 11.3 Å². The molecular weight excluding hydrogens is 370 g/mol. The Morgan fingerprint density at radius 2 is 2.21 bits per heavy atom.